The highest BCUT2D eigenvalue weighted by Gasteiger charge is 2.21. The summed E-state index contributed by atoms with van der Waals surface area (Å²) < 4.78 is 11.7. The summed E-state index contributed by atoms with van der Waals surface area (Å²) in [7, 11) is 0. The summed E-state index contributed by atoms with van der Waals surface area (Å²) in [6.07, 6.45) is 13.4. The topological polar surface area (TPSA) is 18.5 Å². The third-order valence-corrected chi connectivity index (χ3v) is 6.51. The molecule has 2 heteroatoms. The van der Waals surface area contributed by atoms with Crippen LogP contribution in [0, 0.1) is 5.92 Å². The van der Waals surface area contributed by atoms with Crippen LogP contribution in [0.2, 0.25) is 0 Å². The Morgan fingerprint density at radius 1 is 0.700 bits per heavy atom. The average Bonchev–Trinajstić information content (AvgIpc) is 2.80. The molecular formula is C28H40O2. The lowest BCUT2D eigenvalue weighted by atomic mass is 9.77. The van der Waals surface area contributed by atoms with E-state index in [2.05, 4.69) is 38.1 Å². The number of rotatable bonds is 12. The molecule has 2 aromatic carbocycles. The first kappa shape index (κ1) is 22.7. The van der Waals surface area contributed by atoms with Crippen LogP contribution in [-0.4, -0.2) is 6.61 Å². The van der Waals surface area contributed by atoms with E-state index in [0.717, 1.165) is 42.8 Å². The summed E-state index contributed by atoms with van der Waals surface area (Å²) in [6.45, 7) is 5.86. The molecule has 2 nitrogen and oxygen atoms in total. The minimum absolute atomic E-state index is 0.612. The Bertz CT molecular complexity index is 696. The third-order valence-electron chi connectivity index (χ3n) is 6.51. The molecule has 0 atom stereocenters. The predicted octanol–water partition coefficient (Wildman–Crippen LogP) is 8.30. The Morgan fingerprint density at radius 2 is 1.33 bits per heavy atom. The molecule has 1 fully saturated rings. The van der Waals surface area contributed by atoms with E-state index >= 15 is 0 Å². The number of hydrogen-bond donors (Lipinski definition) is 0. The molecule has 0 spiro atoms. The van der Waals surface area contributed by atoms with E-state index in [4.69, 9.17) is 9.47 Å². The van der Waals surface area contributed by atoms with Gasteiger partial charge in [-0.2, -0.15) is 0 Å². The molecule has 2 aromatic rings. The number of hydrogen-bond acceptors (Lipinski definition) is 2. The Hall–Kier alpha value is -1.96. The van der Waals surface area contributed by atoms with E-state index in [9.17, 15) is 0 Å². The van der Waals surface area contributed by atoms with Crippen molar-refractivity contribution < 1.29 is 9.47 Å². The Morgan fingerprint density at radius 3 is 1.97 bits per heavy atom. The molecule has 0 aliphatic heterocycles. The molecule has 0 aromatic heterocycles. The Kier molecular flexibility index (Phi) is 9.60. The number of ether oxygens (including phenoxy) is 2. The van der Waals surface area contributed by atoms with Crippen molar-refractivity contribution in [2.75, 3.05) is 6.61 Å². The van der Waals surface area contributed by atoms with Crippen molar-refractivity contribution >= 4 is 0 Å². The van der Waals surface area contributed by atoms with Crippen LogP contribution in [0.3, 0.4) is 0 Å². The summed E-state index contributed by atoms with van der Waals surface area (Å²) in [6, 6.07) is 17.1. The highest BCUT2D eigenvalue weighted by molar-refractivity contribution is 5.32. The number of benzene rings is 2. The predicted molar refractivity (Wildman–Crippen MR) is 126 cm³/mol. The summed E-state index contributed by atoms with van der Waals surface area (Å²) in [5, 5.41) is 0. The van der Waals surface area contributed by atoms with Crippen LogP contribution in [0.25, 0.3) is 0 Å². The minimum Gasteiger partial charge on any atom is -0.494 e. The monoisotopic (exact) mass is 408 g/mol. The van der Waals surface area contributed by atoms with E-state index in [-0.39, 0.29) is 0 Å². The maximum absolute atomic E-state index is 5.96. The van der Waals surface area contributed by atoms with Crippen LogP contribution in [0.15, 0.2) is 48.5 Å². The van der Waals surface area contributed by atoms with Gasteiger partial charge in [0.15, 0.2) is 0 Å². The van der Waals surface area contributed by atoms with Gasteiger partial charge in [0.1, 0.15) is 18.1 Å². The fourth-order valence-corrected chi connectivity index (χ4v) is 4.49. The van der Waals surface area contributed by atoms with Crippen molar-refractivity contribution in [3.63, 3.8) is 0 Å². The SMILES string of the molecule is CCCCCC1CCC(c2ccc(COc3ccc(OCCCC)cc3)cc2)CC1. The van der Waals surface area contributed by atoms with Crippen molar-refractivity contribution in [3.8, 4) is 11.5 Å². The zero-order valence-electron chi connectivity index (χ0n) is 19.1. The molecule has 0 N–H and O–H groups in total. The molecule has 0 heterocycles. The summed E-state index contributed by atoms with van der Waals surface area (Å²) in [5.74, 6) is 3.54. The molecule has 0 amide bonds. The molecule has 0 bridgehead atoms. The van der Waals surface area contributed by atoms with Crippen molar-refractivity contribution in [3.05, 3.63) is 59.7 Å². The second-order valence-electron chi connectivity index (χ2n) is 8.92. The van der Waals surface area contributed by atoms with Gasteiger partial charge in [0.05, 0.1) is 6.61 Å². The van der Waals surface area contributed by atoms with Gasteiger partial charge in [-0.25, -0.2) is 0 Å². The van der Waals surface area contributed by atoms with Gasteiger partial charge in [-0.3, -0.25) is 0 Å². The minimum atomic E-state index is 0.612. The van der Waals surface area contributed by atoms with Gasteiger partial charge in [-0.15, -0.1) is 0 Å². The van der Waals surface area contributed by atoms with Crippen LogP contribution in [0.4, 0.5) is 0 Å². The molecule has 0 saturated heterocycles. The molecular weight excluding hydrogens is 368 g/mol. The molecule has 1 saturated carbocycles. The maximum atomic E-state index is 5.96. The van der Waals surface area contributed by atoms with Crippen molar-refractivity contribution in [2.24, 2.45) is 5.92 Å². The van der Waals surface area contributed by atoms with Gasteiger partial charge in [-0.05, 0) is 79.3 Å². The van der Waals surface area contributed by atoms with Gasteiger partial charge in [0.2, 0.25) is 0 Å². The zero-order chi connectivity index (χ0) is 21.0. The van der Waals surface area contributed by atoms with E-state index in [0.29, 0.717) is 6.61 Å². The van der Waals surface area contributed by atoms with Crippen LogP contribution in [0.1, 0.15) is 95.1 Å². The molecule has 164 valence electrons. The highest BCUT2D eigenvalue weighted by Crippen LogP contribution is 2.37. The van der Waals surface area contributed by atoms with Crippen molar-refractivity contribution in [2.45, 2.75) is 90.6 Å². The molecule has 1 aliphatic rings. The standard InChI is InChI=1S/C28H40O2/c1-3-5-7-8-23-9-13-25(14-10-23)26-15-11-24(12-16-26)22-30-28-19-17-27(18-20-28)29-21-6-4-2/h11-12,15-20,23,25H,3-10,13-14,21-22H2,1-2H3. The van der Waals surface area contributed by atoms with Gasteiger partial charge < -0.3 is 9.47 Å². The Balaban J connectivity index is 1.40. The fourth-order valence-electron chi connectivity index (χ4n) is 4.49. The van der Waals surface area contributed by atoms with E-state index in [1.54, 1.807) is 0 Å². The van der Waals surface area contributed by atoms with Crippen LogP contribution >= 0.6 is 0 Å². The molecule has 0 unspecified atom stereocenters. The molecule has 1 aliphatic carbocycles. The van der Waals surface area contributed by atoms with E-state index in [1.807, 2.05) is 24.3 Å². The second kappa shape index (κ2) is 12.7. The van der Waals surface area contributed by atoms with Crippen LogP contribution in [-0.2, 0) is 6.61 Å². The third kappa shape index (κ3) is 7.38. The number of unbranched alkanes of at least 4 members (excludes halogenated alkanes) is 3. The van der Waals surface area contributed by atoms with Crippen LogP contribution in [0.5, 0.6) is 11.5 Å². The molecule has 3 rings (SSSR count). The smallest absolute Gasteiger partial charge is 0.120 e. The molecule has 0 radical (unpaired) electrons. The lowest BCUT2D eigenvalue weighted by molar-refractivity contribution is 0.298. The summed E-state index contributed by atoms with van der Waals surface area (Å²) in [4.78, 5) is 0. The zero-order valence-corrected chi connectivity index (χ0v) is 19.1. The quantitative estimate of drug-likeness (QED) is 0.329. The van der Waals surface area contributed by atoms with Crippen LogP contribution < -0.4 is 9.47 Å². The van der Waals surface area contributed by atoms with Gasteiger partial charge in [-0.1, -0.05) is 70.2 Å². The lowest BCUT2D eigenvalue weighted by Gasteiger charge is -2.29. The summed E-state index contributed by atoms with van der Waals surface area (Å²) in [5.41, 5.74) is 2.75. The first-order chi connectivity index (χ1) is 14.8. The van der Waals surface area contributed by atoms with Gasteiger partial charge in [0, 0.05) is 0 Å². The van der Waals surface area contributed by atoms with Crippen molar-refractivity contribution in [1.82, 2.24) is 0 Å². The lowest BCUT2D eigenvalue weighted by Crippen LogP contribution is -2.13. The Labute approximate surface area is 184 Å². The highest BCUT2D eigenvalue weighted by atomic mass is 16.5. The first-order valence-corrected chi connectivity index (χ1v) is 12.2. The van der Waals surface area contributed by atoms with Gasteiger partial charge in [0.25, 0.3) is 0 Å². The normalized spacial score (nSPS) is 18.9. The van der Waals surface area contributed by atoms with E-state index < -0.39 is 0 Å². The fraction of sp³-hybridized carbons (Fsp3) is 0.571. The first-order valence-electron chi connectivity index (χ1n) is 12.2. The van der Waals surface area contributed by atoms with Crippen molar-refractivity contribution in [1.29, 1.82) is 0 Å². The van der Waals surface area contributed by atoms with Gasteiger partial charge >= 0.3 is 0 Å². The second-order valence-corrected chi connectivity index (χ2v) is 8.92. The average molecular weight is 409 g/mol. The summed E-state index contributed by atoms with van der Waals surface area (Å²) >= 11 is 0. The molecule has 30 heavy (non-hydrogen) atoms. The maximum Gasteiger partial charge on any atom is 0.120 e. The largest absolute Gasteiger partial charge is 0.494 e. The van der Waals surface area contributed by atoms with E-state index in [1.165, 1.54) is 62.5 Å².